The molecule has 2 fully saturated rings. The van der Waals surface area contributed by atoms with Gasteiger partial charge in [0.2, 0.25) is 0 Å². The summed E-state index contributed by atoms with van der Waals surface area (Å²) in [6.45, 7) is 2.97. The van der Waals surface area contributed by atoms with E-state index in [9.17, 15) is 9.90 Å². The van der Waals surface area contributed by atoms with Crippen molar-refractivity contribution in [3.63, 3.8) is 0 Å². The number of hydrogen-bond donors (Lipinski definition) is 1. The van der Waals surface area contributed by atoms with Crippen molar-refractivity contribution in [2.24, 2.45) is 5.92 Å². The molecule has 5 heteroatoms. The van der Waals surface area contributed by atoms with Crippen LogP contribution >= 0.6 is 0 Å². The number of methoxy groups -OCH3 is 1. The fraction of sp³-hybridized carbons (Fsp3) is 0.611. The molecule has 126 valence electrons. The van der Waals surface area contributed by atoms with Crippen LogP contribution in [0.15, 0.2) is 24.3 Å². The molecule has 1 N–H and O–H groups in total. The first kappa shape index (κ1) is 16.3. The van der Waals surface area contributed by atoms with E-state index in [1.165, 1.54) is 0 Å². The Labute approximate surface area is 137 Å². The van der Waals surface area contributed by atoms with Crippen molar-refractivity contribution in [1.82, 2.24) is 4.90 Å². The smallest absolute Gasteiger partial charge is 0.253 e. The van der Waals surface area contributed by atoms with Gasteiger partial charge in [0.1, 0.15) is 5.75 Å². The molecule has 1 aromatic rings. The van der Waals surface area contributed by atoms with Crippen molar-refractivity contribution in [3.05, 3.63) is 29.8 Å². The molecule has 1 amide bonds. The number of phenols is 1. The lowest BCUT2D eigenvalue weighted by molar-refractivity contribution is -0.0450. The first-order valence-corrected chi connectivity index (χ1v) is 8.33. The maximum Gasteiger partial charge on any atom is 0.253 e. The average molecular weight is 319 g/mol. The van der Waals surface area contributed by atoms with Crippen LogP contribution in [0.4, 0.5) is 0 Å². The van der Waals surface area contributed by atoms with E-state index in [1.807, 2.05) is 4.90 Å². The van der Waals surface area contributed by atoms with Gasteiger partial charge in [0.15, 0.2) is 0 Å². The Hall–Kier alpha value is -1.59. The van der Waals surface area contributed by atoms with Crippen molar-refractivity contribution in [2.75, 3.05) is 33.4 Å². The molecule has 2 atom stereocenters. The van der Waals surface area contributed by atoms with Gasteiger partial charge in [0.05, 0.1) is 12.2 Å². The lowest BCUT2D eigenvalue weighted by atomic mass is 9.85. The summed E-state index contributed by atoms with van der Waals surface area (Å²) in [7, 11) is 1.73. The second-order valence-corrected chi connectivity index (χ2v) is 6.72. The lowest BCUT2D eigenvalue weighted by Crippen LogP contribution is -2.50. The van der Waals surface area contributed by atoms with Gasteiger partial charge >= 0.3 is 0 Å². The zero-order chi connectivity index (χ0) is 16.3. The topological polar surface area (TPSA) is 59.0 Å². The molecule has 0 bridgehead atoms. The summed E-state index contributed by atoms with van der Waals surface area (Å²) in [5.41, 5.74) is 0.442. The van der Waals surface area contributed by atoms with Crippen LogP contribution in [0.3, 0.4) is 0 Å². The number of nitrogens with zero attached hydrogens (tertiary/aromatic N) is 1. The molecular weight excluding hydrogens is 294 g/mol. The van der Waals surface area contributed by atoms with Crippen LogP contribution in [0.2, 0.25) is 0 Å². The fourth-order valence-corrected chi connectivity index (χ4v) is 3.75. The molecule has 0 aliphatic carbocycles. The highest BCUT2D eigenvalue weighted by Gasteiger charge is 2.44. The Morgan fingerprint density at radius 1 is 1.43 bits per heavy atom. The monoisotopic (exact) mass is 319 g/mol. The summed E-state index contributed by atoms with van der Waals surface area (Å²) in [6, 6.07) is 6.46. The highest BCUT2D eigenvalue weighted by molar-refractivity contribution is 5.94. The number of carbonyl (C=O) groups excluding carboxylic acids is 1. The number of phenolic OH excluding ortho intramolecular Hbond substituents is 1. The van der Waals surface area contributed by atoms with Crippen LogP contribution < -0.4 is 0 Å². The number of ether oxygens (including phenoxy) is 2. The van der Waals surface area contributed by atoms with Crippen LogP contribution in [0.25, 0.3) is 0 Å². The van der Waals surface area contributed by atoms with Crippen molar-refractivity contribution < 1.29 is 19.4 Å². The number of hydrogen-bond acceptors (Lipinski definition) is 4. The minimum atomic E-state index is -0.177. The van der Waals surface area contributed by atoms with Gasteiger partial charge in [-0.2, -0.15) is 0 Å². The molecule has 0 radical (unpaired) electrons. The molecule has 2 saturated heterocycles. The first-order chi connectivity index (χ1) is 11.1. The number of rotatable bonds is 4. The third kappa shape index (κ3) is 3.67. The molecule has 1 spiro atoms. The average Bonchev–Trinajstić information content (AvgIpc) is 2.95. The van der Waals surface area contributed by atoms with Crippen molar-refractivity contribution in [1.29, 1.82) is 0 Å². The van der Waals surface area contributed by atoms with Crippen LogP contribution in [-0.2, 0) is 9.47 Å². The van der Waals surface area contributed by atoms with Crippen molar-refractivity contribution >= 4 is 5.91 Å². The Kier molecular flexibility index (Phi) is 4.87. The summed E-state index contributed by atoms with van der Waals surface area (Å²) in [5.74, 6) is 0.725. The summed E-state index contributed by atoms with van der Waals surface area (Å²) in [4.78, 5) is 14.6. The SMILES string of the molecule is COCCC1COC2(CCCN(C(=O)c3ccc(O)cc3)C2)C1. The van der Waals surface area contributed by atoms with E-state index in [0.717, 1.165) is 45.4 Å². The van der Waals surface area contributed by atoms with Crippen LogP contribution in [0.5, 0.6) is 5.75 Å². The predicted octanol–water partition coefficient (Wildman–Crippen LogP) is 2.44. The molecule has 2 aliphatic heterocycles. The standard InChI is InChI=1S/C18H25NO4/c1-22-10-7-14-11-18(23-12-14)8-2-9-19(13-18)17(21)15-3-5-16(20)6-4-15/h3-6,14,20H,2,7-13H2,1H3. The zero-order valence-corrected chi connectivity index (χ0v) is 13.7. The number of aromatic hydroxyl groups is 1. The van der Waals surface area contributed by atoms with Gasteiger partial charge < -0.3 is 19.5 Å². The van der Waals surface area contributed by atoms with E-state index >= 15 is 0 Å². The second kappa shape index (κ2) is 6.89. The lowest BCUT2D eigenvalue weighted by Gasteiger charge is -2.40. The largest absolute Gasteiger partial charge is 0.508 e. The quantitative estimate of drug-likeness (QED) is 0.926. The number of piperidine rings is 1. The van der Waals surface area contributed by atoms with Crippen LogP contribution in [0.1, 0.15) is 36.0 Å². The van der Waals surface area contributed by atoms with Gasteiger partial charge in [0, 0.05) is 32.4 Å². The molecule has 2 unspecified atom stereocenters. The van der Waals surface area contributed by atoms with Crippen LogP contribution in [-0.4, -0.2) is 54.9 Å². The molecule has 3 rings (SSSR count). The van der Waals surface area contributed by atoms with Crippen molar-refractivity contribution in [3.8, 4) is 5.75 Å². The maximum atomic E-state index is 12.7. The number of benzene rings is 1. The third-order valence-electron chi connectivity index (χ3n) is 4.96. The minimum absolute atomic E-state index is 0.0213. The first-order valence-electron chi connectivity index (χ1n) is 8.33. The number of likely N-dealkylation sites (tertiary alicyclic amines) is 1. The summed E-state index contributed by atoms with van der Waals surface area (Å²) in [5, 5.41) is 9.36. The highest BCUT2D eigenvalue weighted by Crippen LogP contribution is 2.39. The maximum absolute atomic E-state index is 12.7. The van der Waals surface area contributed by atoms with E-state index < -0.39 is 0 Å². The normalized spacial score (nSPS) is 27.5. The third-order valence-corrected chi connectivity index (χ3v) is 4.96. The molecule has 23 heavy (non-hydrogen) atoms. The second-order valence-electron chi connectivity index (χ2n) is 6.72. The molecule has 2 heterocycles. The van der Waals surface area contributed by atoms with Gasteiger partial charge in [-0.05, 0) is 55.9 Å². The molecule has 0 aromatic heterocycles. The Morgan fingerprint density at radius 3 is 2.96 bits per heavy atom. The number of amides is 1. The Bertz CT molecular complexity index is 544. The molecule has 0 saturated carbocycles. The Morgan fingerprint density at radius 2 is 2.22 bits per heavy atom. The van der Waals surface area contributed by atoms with E-state index in [4.69, 9.17) is 9.47 Å². The summed E-state index contributed by atoms with van der Waals surface area (Å²) in [6.07, 6.45) is 4.02. The predicted molar refractivity (Wildman–Crippen MR) is 86.5 cm³/mol. The van der Waals surface area contributed by atoms with E-state index in [-0.39, 0.29) is 17.3 Å². The highest BCUT2D eigenvalue weighted by atomic mass is 16.5. The van der Waals surface area contributed by atoms with Gasteiger partial charge in [0.25, 0.3) is 5.91 Å². The molecular formula is C18H25NO4. The van der Waals surface area contributed by atoms with Crippen LogP contribution in [0, 0.1) is 5.92 Å². The van der Waals surface area contributed by atoms with Crippen molar-refractivity contribution in [2.45, 2.75) is 31.3 Å². The Balaban J connectivity index is 1.64. The van der Waals surface area contributed by atoms with Gasteiger partial charge in [-0.15, -0.1) is 0 Å². The minimum Gasteiger partial charge on any atom is -0.508 e. The zero-order valence-electron chi connectivity index (χ0n) is 13.7. The van der Waals surface area contributed by atoms with Gasteiger partial charge in [-0.25, -0.2) is 0 Å². The summed E-state index contributed by atoms with van der Waals surface area (Å²) >= 11 is 0. The van der Waals surface area contributed by atoms with E-state index in [0.29, 0.717) is 18.0 Å². The van der Waals surface area contributed by atoms with Gasteiger partial charge in [-0.3, -0.25) is 4.79 Å². The number of carbonyl (C=O) groups is 1. The fourth-order valence-electron chi connectivity index (χ4n) is 3.75. The molecule has 2 aliphatic rings. The van der Waals surface area contributed by atoms with Gasteiger partial charge in [-0.1, -0.05) is 0 Å². The molecule has 1 aromatic carbocycles. The summed E-state index contributed by atoms with van der Waals surface area (Å²) < 4.78 is 11.3. The van der Waals surface area contributed by atoms with E-state index in [2.05, 4.69) is 0 Å². The molecule has 5 nitrogen and oxygen atoms in total. The van der Waals surface area contributed by atoms with E-state index in [1.54, 1.807) is 31.4 Å².